The number of rotatable bonds is 0. The van der Waals surface area contributed by atoms with E-state index < -0.39 is 0 Å². The maximum absolute atomic E-state index is 5.31. The molecular weight excluding hydrogens is 150 g/mol. The molecule has 0 unspecified atom stereocenters. The van der Waals surface area contributed by atoms with Gasteiger partial charge in [-0.05, 0) is 6.92 Å². The van der Waals surface area contributed by atoms with Crippen molar-refractivity contribution in [2.24, 2.45) is 0 Å². The highest BCUT2D eigenvalue weighted by molar-refractivity contribution is 5.26. The molecule has 0 saturated carbocycles. The molecule has 1 rings (SSSR count). The van der Waals surface area contributed by atoms with E-state index in [2.05, 4.69) is 9.97 Å². The van der Waals surface area contributed by atoms with Gasteiger partial charge in [-0.3, -0.25) is 0 Å². The van der Waals surface area contributed by atoms with Gasteiger partial charge in [0.1, 0.15) is 12.1 Å². The fraction of sp³-hybridized carbons (Fsp3) is 0.556. The molecule has 0 aliphatic rings. The van der Waals surface area contributed by atoms with Crippen molar-refractivity contribution >= 4 is 5.82 Å². The van der Waals surface area contributed by atoms with Crippen LogP contribution < -0.4 is 5.73 Å². The summed E-state index contributed by atoms with van der Waals surface area (Å²) in [5, 5.41) is 0. The highest BCUT2D eigenvalue weighted by atomic mass is 14.9. The van der Waals surface area contributed by atoms with Crippen molar-refractivity contribution in [1.82, 2.24) is 9.97 Å². The lowest BCUT2D eigenvalue weighted by Gasteiger charge is -1.89. The molecule has 0 spiro atoms. The van der Waals surface area contributed by atoms with Gasteiger partial charge in [0.2, 0.25) is 0 Å². The van der Waals surface area contributed by atoms with Crippen molar-refractivity contribution in [3.05, 3.63) is 18.1 Å². The van der Waals surface area contributed by atoms with Gasteiger partial charge < -0.3 is 5.73 Å². The molecule has 0 bridgehead atoms. The third-order valence-electron chi connectivity index (χ3n) is 0.825. The van der Waals surface area contributed by atoms with E-state index in [-0.39, 0.29) is 0 Å². The first-order valence-electron chi connectivity index (χ1n) is 4.33. The highest BCUT2D eigenvalue weighted by Gasteiger charge is 1.83. The van der Waals surface area contributed by atoms with E-state index in [4.69, 9.17) is 5.73 Å². The van der Waals surface area contributed by atoms with E-state index in [1.54, 1.807) is 6.07 Å². The predicted molar refractivity (Wildman–Crippen MR) is 53.9 cm³/mol. The molecule has 0 aliphatic heterocycles. The molecule has 0 fully saturated rings. The minimum Gasteiger partial charge on any atom is -0.384 e. The molecule has 0 aromatic carbocycles. The summed E-state index contributed by atoms with van der Waals surface area (Å²) in [5.74, 6) is 0.525. The molecule has 0 atom stereocenters. The van der Waals surface area contributed by atoms with Crippen LogP contribution in [0.3, 0.4) is 0 Å². The zero-order chi connectivity index (χ0) is 9.98. The Kier molecular flexibility index (Phi) is 11.1. The van der Waals surface area contributed by atoms with Crippen LogP contribution in [0.1, 0.15) is 33.4 Å². The lowest BCUT2D eigenvalue weighted by molar-refractivity contribution is 1.11. The molecule has 1 heterocycles. The molecule has 3 heteroatoms. The third-order valence-corrected chi connectivity index (χ3v) is 0.825. The van der Waals surface area contributed by atoms with E-state index in [0.717, 1.165) is 5.69 Å². The summed E-state index contributed by atoms with van der Waals surface area (Å²) in [7, 11) is 0. The Morgan fingerprint density at radius 2 is 1.58 bits per heavy atom. The zero-order valence-corrected chi connectivity index (χ0v) is 8.63. The summed E-state index contributed by atoms with van der Waals surface area (Å²) < 4.78 is 0. The average Bonchev–Trinajstić information content (AvgIpc) is 2.11. The van der Waals surface area contributed by atoms with Gasteiger partial charge in [0.05, 0.1) is 0 Å². The lowest BCUT2D eigenvalue weighted by atomic mass is 10.4. The van der Waals surface area contributed by atoms with Crippen molar-refractivity contribution < 1.29 is 0 Å². The largest absolute Gasteiger partial charge is 0.384 e. The van der Waals surface area contributed by atoms with Crippen LogP contribution in [-0.2, 0) is 0 Å². The summed E-state index contributed by atoms with van der Waals surface area (Å²) in [4.78, 5) is 7.56. The Morgan fingerprint density at radius 3 is 1.83 bits per heavy atom. The van der Waals surface area contributed by atoms with Crippen LogP contribution in [0.15, 0.2) is 12.4 Å². The second-order valence-electron chi connectivity index (χ2n) is 1.58. The molecule has 70 valence electrons. The summed E-state index contributed by atoms with van der Waals surface area (Å²) in [6.45, 7) is 9.87. The maximum Gasteiger partial charge on any atom is 0.126 e. The molecule has 3 nitrogen and oxygen atoms in total. The standard InChI is InChI=1S/C5H7N3.2C2H6/c1-4-2-5(6)8-3-7-4;2*1-2/h2-3H,1H3,(H2,6,7,8);2*1-2H3. The van der Waals surface area contributed by atoms with E-state index in [9.17, 15) is 0 Å². The van der Waals surface area contributed by atoms with Gasteiger partial charge in [-0.25, -0.2) is 9.97 Å². The van der Waals surface area contributed by atoms with Crippen LogP contribution in [0.2, 0.25) is 0 Å². The maximum atomic E-state index is 5.31. The smallest absolute Gasteiger partial charge is 0.126 e. The van der Waals surface area contributed by atoms with Crippen LogP contribution in [0, 0.1) is 6.92 Å². The van der Waals surface area contributed by atoms with Gasteiger partial charge in [0.25, 0.3) is 0 Å². The van der Waals surface area contributed by atoms with E-state index >= 15 is 0 Å². The minimum absolute atomic E-state index is 0.525. The predicted octanol–water partition coefficient (Wildman–Crippen LogP) is 2.42. The number of nitrogen functional groups attached to an aromatic ring is 1. The number of nitrogens with two attached hydrogens (primary N) is 1. The number of hydrogen-bond acceptors (Lipinski definition) is 3. The topological polar surface area (TPSA) is 51.8 Å². The Bertz CT molecular complexity index is 170. The van der Waals surface area contributed by atoms with Crippen LogP contribution in [0.5, 0.6) is 0 Å². The van der Waals surface area contributed by atoms with Gasteiger partial charge in [0, 0.05) is 11.8 Å². The molecular formula is C9H19N3. The second-order valence-corrected chi connectivity index (χ2v) is 1.58. The van der Waals surface area contributed by atoms with Crippen molar-refractivity contribution in [3.63, 3.8) is 0 Å². The molecule has 0 saturated heterocycles. The number of nitrogens with zero attached hydrogens (tertiary/aromatic N) is 2. The quantitative estimate of drug-likeness (QED) is 0.649. The molecule has 12 heavy (non-hydrogen) atoms. The van der Waals surface area contributed by atoms with Crippen LogP contribution in [0.4, 0.5) is 5.82 Å². The van der Waals surface area contributed by atoms with E-state index in [0.29, 0.717) is 5.82 Å². The van der Waals surface area contributed by atoms with E-state index in [1.807, 2.05) is 34.6 Å². The Balaban J connectivity index is 0. The molecule has 0 radical (unpaired) electrons. The van der Waals surface area contributed by atoms with Gasteiger partial charge in [-0.2, -0.15) is 0 Å². The molecule has 1 aromatic heterocycles. The number of anilines is 1. The highest BCUT2D eigenvalue weighted by Crippen LogP contribution is 1.94. The molecule has 0 aliphatic carbocycles. The number of aryl methyl sites for hydroxylation is 1. The fourth-order valence-corrected chi connectivity index (χ4v) is 0.475. The molecule has 2 N–H and O–H groups in total. The summed E-state index contributed by atoms with van der Waals surface area (Å²) in [5.41, 5.74) is 6.21. The molecule has 1 aromatic rings. The van der Waals surface area contributed by atoms with Crippen molar-refractivity contribution in [1.29, 1.82) is 0 Å². The Hall–Kier alpha value is -1.12. The third kappa shape index (κ3) is 6.99. The van der Waals surface area contributed by atoms with Crippen LogP contribution in [0.25, 0.3) is 0 Å². The van der Waals surface area contributed by atoms with Gasteiger partial charge in [-0.1, -0.05) is 27.7 Å². The first-order chi connectivity index (χ1) is 5.79. The average molecular weight is 169 g/mol. The first-order valence-corrected chi connectivity index (χ1v) is 4.33. The van der Waals surface area contributed by atoms with Gasteiger partial charge in [-0.15, -0.1) is 0 Å². The Labute approximate surface area is 75.0 Å². The normalized spacial score (nSPS) is 7.08. The monoisotopic (exact) mass is 169 g/mol. The SMILES string of the molecule is CC.CC.Cc1cc(N)ncn1. The second kappa shape index (κ2) is 9.88. The lowest BCUT2D eigenvalue weighted by Crippen LogP contribution is -1.90. The zero-order valence-electron chi connectivity index (χ0n) is 8.63. The molecule has 0 amide bonds. The number of aromatic nitrogens is 2. The van der Waals surface area contributed by atoms with Crippen molar-refractivity contribution in [2.75, 3.05) is 5.73 Å². The van der Waals surface area contributed by atoms with E-state index in [1.165, 1.54) is 6.33 Å². The summed E-state index contributed by atoms with van der Waals surface area (Å²) in [6, 6.07) is 1.72. The minimum atomic E-state index is 0.525. The van der Waals surface area contributed by atoms with Gasteiger partial charge >= 0.3 is 0 Å². The van der Waals surface area contributed by atoms with Crippen molar-refractivity contribution in [3.8, 4) is 0 Å². The Morgan fingerprint density at radius 1 is 1.08 bits per heavy atom. The number of hydrogen-bond donors (Lipinski definition) is 1. The van der Waals surface area contributed by atoms with Gasteiger partial charge in [0.15, 0.2) is 0 Å². The first kappa shape index (κ1) is 13.5. The summed E-state index contributed by atoms with van der Waals surface area (Å²) >= 11 is 0. The van der Waals surface area contributed by atoms with Crippen LogP contribution >= 0.6 is 0 Å². The fourth-order valence-electron chi connectivity index (χ4n) is 0.475. The van der Waals surface area contributed by atoms with Crippen LogP contribution in [-0.4, -0.2) is 9.97 Å². The summed E-state index contributed by atoms with van der Waals surface area (Å²) in [6.07, 6.45) is 1.45. The van der Waals surface area contributed by atoms with Crippen molar-refractivity contribution in [2.45, 2.75) is 34.6 Å².